The highest BCUT2D eigenvalue weighted by molar-refractivity contribution is 7.46. The molecule has 0 aromatic heterocycles. The van der Waals surface area contributed by atoms with Crippen molar-refractivity contribution in [3.8, 4) is 0 Å². The summed E-state index contributed by atoms with van der Waals surface area (Å²) in [6, 6.07) is 5.76. The van der Waals surface area contributed by atoms with Crippen LogP contribution >= 0.6 is 7.82 Å². The minimum Gasteiger partial charge on any atom is -0.478 e. The molecular weight excluding hydrogens is 333 g/mol. The number of carboxylic acids is 1. The average molecular weight is 349 g/mol. The Bertz CT molecular complexity index is 614. The van der Waals surface area contributed by atoms with E-state index in [4.69, 9.17) is 14.9 Å². The number of carboxylic acid groups (broad SMARTS) is 1. The van der Waals surface area contributed by atoms with Crippen LogP contribution < -0.4 is 5.32 Å². The second-order valence-electron chi connectivity index (χ2n) is 4.47. The minimum atomic E-state index is -4.83. The Hall–Kier alpha value is -1.81. The smallest absolute Gasteiger partial charge is 0.469 e. The lowest BCUT2D eigenvalue weighted by molar-refractivity contribution is -0.132. The monoisotopic (exact) mass is 349 g/mol. The number of aliphatic hydroxyl groups is 2. The third-order valence-corrected chi connectivity index (χ3v) is 3.20. The van der Waals surface area contributed by atoms with Gasteiger partial charge in [-0.25, -0.2) is 9.36 Å². The van der Waals surface area contributed by atoms with E-state index in [0.717, 1.165) is 0 Å². The van der Waals surface area contributed by atoms with E-state index in [0.29, 0.717) is 0 Å². The maximum atomic E-state index is 11.7. The first-order chi connectivity index (χ1) is 10.6. The van der Waals surface area contributed by atoms with E-state index >= 15 is 0 Å². The Morgan fingerprint density at radius 3 is 2.39 bits per heavy atom. The second kappa shape index (κ2) is 8.16. The third-order valence-electron chi connectivity index (χ3n) is 2.72. The first-order valence-corrected chi connectivity index (χ1v) is 7.80. The number of rotatable bonds is 9. The van der Waals surface area contributed by atoms with Crippen LogP contribution in [0, 0.1) is 0 Å². The molecule has 0 aliphatic rings. The number of hydrogen-bond donors (Lipinski definition) is 6. The van der Waals surface area contributed by atoms with Crippen LogP contribution in [-0.4, -0.2) is 62.2 Å². The van der Waals surface area contributed by atoms with E-state index in [2.05, 4.69) is 9.84 Å². The first kappa shape index (κ1) is 19.2. The fraction of sp³-hybridized carbons (Fsp3) is 0.333. The lowest BCUT2D eigenvalue weighted by Crippen LogP contribution is -2.40. The number of aliphatic hydroxyl groups excluding tert-OH is 2. The molecule has 0 unspecified atom stereocenters. The summed E-state index contributed by atoms with van der Waals surface area (Å²) < 4.78 is 14.4. The van der Waals surface area contributed by atoms with Gasteiger partial charge < -0.3 is 30.4 Å². The number of phosphoric acid groups is 1. The van der Waals surface area contributed by atoms with Gasteiger partial charge in [0.15, 0.2) is 5.78 Å². The Labute approximate surface area is 130 Å². The van der Waals surface area contributed by atoms with E-state index in [1.807, 2.05) is 0 Å². The summed E-state index contributed by atoms with van der Waals surface area (Å²) in [5.74, 6) is -2.12. The SMILES string of the molecule is O=C(O)c1ccccc1NCC(=O)[C@H](O)[C@H](O)COP(=O)(O)O. The zero-order chi connectivity index (χ0) is 17.6. The lowest BCUT2D eigenvalue weighted by Gasteiger charge is -2.17. The summed E-state index contributed by atoms with van der Waals surface area (Å²) in [6.45, 7) is -1.44. The van der Waals surface area contributed by atoms with Crippen LogP contribution in [0.1, 0.15) is 10.4 Å². The molecule has 0 fully saturated rings. The number of anilines is 1. The molecule has 10 nitrogen and oxygen atoms in total. The van der Waals surface area contributed by atoms with Crippen molar-refractivity contribution in [1.82, 2.24) is 0 Å². The summed E-state index contributed by atoms with van der Waals surface area (Å²) in [5.41, 5.74) is 0.0571. The fourth-order valence-corrected chi connectivity index (χ4v) is 1.94. The highest BCUT2D eigenvalue weighted by Crippen LogP contribution is 2.35. The number of aromatic carboxylic acids is 1. The van der Waals surface area contributed by atoms with Gasteiger partial charge in [0.25, 0.3) is 0 Å². The molecular formula is C12H16NO9P. The van der Waals surface area contributed by atoms with Crippen LogP contribution in [0.5, 0.6) is 0 Å². The van der Waals surface area contributed by atoms with Crippen LogP contribution in [0.15, 0.2) is 24.3 Å². The van der Waals surface area contributed by atoms with Crippen molar-refractivity contribution in [3.63, 3.8) is 0 Å². The number of carbonyl (C=O) groups is 2. The summed E-state index contributed by atoms with van der Waals surface area (Å²) in [6.07, 6.45) is -3.79. The summed E-state index contributed by atoms with van der Waals surface area (Å²) in [5, 5.41) is 30.5. The van der Waals surface area contributed by atoms with Crippen molar-refractivity contribution in [2.24, 2.45) is 0 Å². The molecule has 128 valence electrons. The average Bonchev–Trinajstić information content (AvgIpc) is 2.48. The van der Waals surface area contributed by atoms with Gasteiger partial charge in [-0.3, -0.25) is 9.32 Å². The largest absolute Gasteiger partial charge is 0.478 e. The predicted octanol–water partition coefficient (Wildman–Crippen LogP) is -0.803. The van der Waals surface area contributed by atoms with E-state index in [9.17, 15) is 24.4 Å². The van der Waals surface area contributed by atoms with Crippen LogP contribution in [0.3, 0.4) is 0 Å². The Kier molecular flexibility index (Phi) is 6.82. The highest BCUT2D eigenvalue weighted by atomic mass is 31.2. The summed E-state index contributed by atoms with van der Waals surface area (Å²) in [4.78, 5) is 39.6. The summed E-state index contributed by atoms with van der Waals surface area (Å²) in [7, 11) is -4.83. The number of Topliss-reactive ketones (excluding diaryl/α,β-unsaturated/α-hetero) is 1. The molecule has 0 bridgehead atoms. The van der Waals surface area contributed by atoms with Crippen molar-refractivity contribution in [1.29, 1.82) is 0 Å². The number of benzene rings is 1. The Morgan fingerprint density at radius 2 is 1.83 bits per heavy atom. The van der Waals surface area contributed by atoms with Crippen molar-refractivity contribution < 1.29 is 43.8 Å². The second-order valence-corrected chi connectivity index (χ2v) is 5.71. The molecule has 6 N–H and O–H groups in total. The first-order valence-electron chi connectivity index (χ1n) is 6.27. The van der Waals surface area contributed by atoms with Crippen LogP contribution in [0.4, 0.5) is 5.69 Å². The maximum absolute atomic E-state index is 11.7. The topological polar surface area (TPSA) is 174 Å². The van der Waals surface area contributed by atoms with Crippen molar-refractivity contribution >= 4 is 25.3 Å². The molecule has 0 spiro atoms. The van der Waals surface area contributed by atoms with E-state index in [1.54, 1.807) is 6.07 Å². The molecule has 0 aliphatic heterocycles. The fourth-order valence-electron chi connectivity index (χ4n) is 1.59. The van der Waals surface area contributed by atoms with Gasteiger partial charge in [0.2, 0.25) is 0 Å². The van der Waals surface area contributed by atoms with Crippen molar-refractivity contribution in [2.75, 3.05) is 18.5 Å². The van der Waals surface area contributed by atoms with Crippen LogP contribution in [0.2, 0.25) is 0 Å². The van der Waals surface area contributed by atoms with Crippen molar-refractivity contribution in [2.45, 2.75) is 12.2 Å². The highest BCUT2D eigenvalue weighted by Gasteiger charge is 2.27. The molecule has 2 atom stereocenters. The predicted molar refractivity (Wildman–Crippen MR) is 76.9 cm³/mol. The van der Waals surface area contributed by atoms with Crippen LogP contribution in [-0.2, 0) is 13.9 Å². The Balaban J connectivity index is 2.59. The quantitative estimate of drug-likeness (QED) is 0.310. The Morgan fingerprint density at radius 1 is 1.22 bits per heavy atom. The lowest BCUT2D eigenvalue weighted by atomic mass is 10.1. The molecule has 1 aromatic rings. The molecule has 0 radical (unpaired) electrons. The standard InChI is InChI=1S/C12H16NO9P/c14-9(11(16)10(15)6-22-23(19,20)21)5-13-8-4-2-1-3-7(8)12(17)18/h1-4,10-11,13,15-16H,5-6H2,(H,17,18)(H2,19,20,21)/t10-,11+/m1/s1. The van der Waals surface area contributed by atoms with Gasteiger partial charge in [-0.15, -0.1) is 0 Å². The molecule has 0 aliphatic carbocycles. The molecule has 0 amide bonds. The molecule has 23 heavy (non-hydrogen) atoms. The number of nitrogens with one attached hydrogen (secondary N) is 1. The summed E-state index contributed by atoms with van der Waals surface area (Å²) >= 11 is 0. The maximum Gasteiger partial charge on any atom is 0.469 e. The minimum absolute atomic E-state index is 0.0832. The van der Waals surface area contributed by atoms with Gasteiger partial charge in [-0.05, 0) is 12.1 Å². The molecule has 11 heteroatoms. The van der Waals surface area contributed by atoms with Gasteiger partial charge >= 0.3 is 13.8 Å². The zero-order valence-electron chi connectivity index (χ0n) is 11.7. The molecule has 0 saturated heterocycles. The molecule has 0 saturated carbocycles. The van der Waals surface area contributed by atoms with Gasteiger partial charge in [-0.2, -0.15) is 0 Å². The van der Waals surface area contributed by atoms with E-state index < -0.39 is 44.9 Å². The number of phosphoric ester groups is 1. The normalized spacial score (nSPS) is 14.1. The van der Waals surface area contributed by atoms with Crippen LogP contribution in [0.25, 0.3) is 0 Å². The molecule has 1 aromatic carbocycles. The number of hydrogen-bond acceptors (Lipinski definition) is 7. The van der Waals surface area contributed by atoms with E-state index in [1.165, 1.54) is 18.2 Å². The molecule has 1 rings (SSSR count). The number of ketones is 1. The zero-order valence-corrected chi connectivity index (χ0v) is 12.6. The van der Waals surface area contributed by atoms with Gasteiger partial charge in [0.05, 0.1) is 18.7 Å². The number of para-hydroxylation sites is 1. The van der Waals surface area contributed by atoms with Gasteiger partial charge in [-0.1, -0.05) is 12.1 Å². The van der Waals surface area contributed by atoms with Gasteiger partial charge in [0.1, 0.15) is 12.2 Å². The number of carbonyl (C=O) groups excluding carboxylic acids is 1. The third kappa shape index (κ3) is 6.45. The van der Waals surface area contributed by atoms with Gasteiger partial charge in [0, 0.05) is 5.69 Å². The van der Waals surface area contributed by atoms with Crippen molar-refractivity contribution in [3.05, 3.63) is 29.8 Å². The molecule has 0 heterocycles. The van der Waals surface area contributed by atoms with E-state index in [-0.39, 0.29) is 11.3 Å².